The first-order valence-corrected chi connectivity index (χ1v) is 10.9. The Bertz CT molecular complexity index is 715. The molecule has 0 radical (unpaired) electrons. The van der Waals surface area contributed by atoms with E-state index >= 15 is 0 Å². The van der Waals surface area contributed by atoms with Gasteiger partial charge in [-0.05, 0) is 64.2 Å². The van der Waals surface area contributed by atoms with Gasteiger partial charge in [0, 0.05) is 17.6 Å². The number of ether oxygens (including phenoxy) is 1. The molecule has 0 fully saturated rings. The minimum atomic E-state index is -0.519. The van der Waals surface area contributed by atoms with E-state index in [1.807, 2.05) is 40.7 Å². The van der Waals surface area contributed by atoms with Crippen molar-refractivity contribution in [3.05, 3.63) is 23.8 Å². The summed E-state index contributed by atoms with van der Waals surface area (Å²) in [7, 11) is 0. The molecule has 0 aliphatic heterocycles. The Labute approximate surface area is 182 Å². The normalized spacial score (nSPS) is 14.0. The molecular formula is C24H41N3O3. The fraction of sp³-hybridized carbons (Fsp3) is 0.667. The molecule has 1 aromatic rings. The molecule has 0 heterocycles. The van der Waals surface area contributed by atoms with Gasteiger partial charge in [0.05, 0.1) is 17.3 Å². The molecule has 0 aliphatic carbocycles. The predicted octanol–water partition coefficient (Wildman–Crippen LogP) is 4.85. The molecule has 30 heavy (non-hydrogen) atoms. The van der Waals surface area contributed by atoms with Crippen LogP contribution in [0.5, 0.6) is 0 Å². The number of rotatable bonds is 9. The number of benzene rings is 1. The van der Waals surface area contributed by atoms with Crippen molar-refractivity contribution in [3.8, 4) is 0 Å². The fourth-order valence-corrected chi connectivity index (χ4v) is 3.51. The van der Waals surface area contributed by atoms with Crippen molar-refractivity contribution in [2.24, 2.45) is 17.8 Å². The van der Waals surface area contributed by atoms with E-state index in [-0.39, 0.29) is 23.8 Å². The Morgan fingerprint density at radius 3 is 2.07 bits per heavy atom. The predicted molar refractivity (Wildman–Crippen MR) is 124 cm³/mol. The van der Waals surface area contributed by atoms with Crippen molar-refractivity contribution < 1.29 is 14.3 Å². The molecular weight excluding hydrogens is 378 g/mol. The van der Waals surface area contributed by atoms with Gasteiger partial charge in [-0.1, -0.05) is 34.6 Å². The van der Waals surface area contributed by atoms with Gasteiger partial charge in [0.15, 0.2) is 0 Å². The molecule has 0 bridgehead atoms. The minimum Gasteiger partial charge on any atom is -0.460 e. The molecule has 1 amide bonds. The molecule has 0 saturated heterocycles. The lowest BCUT2D eigenvalue weighted by Crippen LogP contribution is -2.36. The first-order chi connectivity index (χ1) is 13.7. The van der Waals surface area contributed by atoms with Crippen LogP contribution >= 0.6 is 0 Å². The average Bonchev–Trinajstić information content (AvgIpc) is 2.58. The van der Waals surface area contributed by atoms with Gasteiger partial charge < -0.3 is 21.1 Å². The third-order valence-electron chi connectivity index (χ3n) is 4.97. The summed E-state index contributed by atoms with van der Waals surface area (Å²) < 4.78 is 5.41. The molecule has 1 unspecified atom stereocenters. The summed E-state index contributed by atoms with van der Waals surface area (Å²) in [6.45, 7) is 17.9. The molecule has 6 nitrogen and oxygen atoms in total. The highest BCUT2D eigenvalue weighted by molar-refractivity contribution is 5.96. The monoisotopic (exact) mass is 419 g/mol. The van der Waals surface area contributed by atoms with Gasteiger partial charge in [-0.15, -0.1) is 0 Å². The highest BCUT2D eigenvalue weighted by atomic mass is 16.6. The van der Waals surface area contributed by atoms with Crippen molar-refractivity contribution in [1.29, 1.82) is 0 Å². The zero-order chi connectivity index (χ0) is 23.2. The summed E-state index contributed by atoms with van der Waals surface area (Å²) in [5, 5.41) is 6.45. The fourth-order valence-electron chi connectivity index (χ4n) is 3.51. The Morgan fingerprint density at radius 2 is 1.60 bits per heavy atom. The van der Waals surface area contributed by atoms with Crippen LogP contribution in [0, 0.1) is 17.8 Å². The van der Waals surface area contributed by atoms with Crippen molar-refractivity contribution in [1.82, 2.24) is 5.32 Å². The molecule has 1 aromatic carbocycles. The largest absolute Gasteiger partial charge is 0.460 e. The van der Waals surface area contributed by atoms with Crippen LogP contribution in [-0.4, -0.2) is 29.6 Å². The quantitative estimate of drug-likeness (QED) is 0.393. The smallest absolute Gasteiger partial charge is 0.309 e. The molecule has 0 aromatic heterocycles. The number of carbonyl (C=O) groups excluding carboxylic acids is 2. The van der Waals surface area contributed by atoms with E-state index in [1.54, 1.807) is 12.1 Å². The van der Waals surface area contributed by atoms with E-state index in [1.165, 1.54) is 0 Å². The average molecular weight is 420 g/mol. The van der Waals surface area contributed by atoms with Crippen LogP contribution in [-0.2, 0) is 9.53 Å². The van der Waals surface area contributed by atoms with Gasteiger partial charge in [0.2, 0.25) is 0 Å². The number of hydrogen-bond acceptors (Lipinski definition) is 5. The SMILES string of the molecule is CC(C[C@H](C)NC(=O)c1ccc(NC(C(C)C)C(C)C)c(N)c1)C(=O)OC(C)(C)C. The number of nitrogens with two attached hydrogens (primary N) is 1. The van der Waals surface area contributed by atoms with Gasteiger partial charge >= 0.3 is 5.97 Å². The summed E-state index contributed by atoms with van der Waals surface area (Å²) in [5.41, 5.74) is 7.58. The van der Waals surface area contributed by atoms with Gasteiger partial charge in [-0.25, -0.2) is 0 Å². The molecule has 1 rings (SSSR count). The first-order valence-electron chi connectivity index (χ1n) is 10.9. The second-order valence-electron chi connectivity index (χ2n) is 10.0. The summed E-state index contributed by atoms with van der Waals surface area (Å²) in [4.78, 5) is 24.8. The van der Waals surface area contributed by atoms with E-state index in [2.05, 4.69) is 38.3 Å². The van der Waals surface area contributed by atoms with Gasteiger partial charge in [0.25, 0.3) is 5.91 Å². The molecule has 0 saturated carbocycles. The van der Waals surface area contributed by atoms with E-state index < -0.39 is 5.60 Å². The third kappa shape index (κ3) is 8.25. The van der Waals surface area contributed by atoms with Crippen molar-refractivity contribution in [2.75, 3.05) is 11.1 Å². The van der Waals surface area contributed by atoms with Crippen molar-refractivity contribution >= 4 is 23.3 Å². The Morgan fingerprint density at radius 1 is 1.03 bits per heavy atom. The number of hydrogen-bond donors (Lipinski definition) is 3. The van der Waals surface area contributed by atoms with Crippen LogP contribution in [0.3, 0.4) is 0 Å². The maximum Gasteiger partial charge on any atom is 0.309 e. The second-order valence-corrected chi connectivity index (χ2v) is 10.0. The molecule has 4 N–H and O–H groups in total. The van der Waals surface area contributed by atoms with Crippen molar-refractivity contribution in [2.45, 2.75) is 86.4 Å². The molecule has 6 heteroatoms. The van der Waals surface area contributed by atoms with Crippen LogP contribution in [0.2, 0.25) is 0 Å². The van der Waals surface area contributed by atoms with E-state index in [0.717, 1.165) is 5.69 Å². The van der Waals surface area contributed by atoms with E-state index in [9.17, 15) is 9.59 Å². The number of esters is 1. The van der Waals surface area contributed by atoms with Gasteiger partial charge in [-0.2, -0.15) is 0 Å². The zero-order valence-electron chi connectivity index (χ0n) is 20.1. The van der Waals surface area contributed by atoms with E-state index in [4.69, 9.17) is 10.5 Å². The van der Waals surface area contributed by atoms with Gasteiger partial charge in [0.1, 0.15) is 5.60 Å². The Balaban J connectivity index is 2.74. The number of nitrogens with one attached hydrogen (secondary N) is 2. The lowest BCUT2D eigenvalue weighted by Gasteiger charge is -2.28. The highest BCUT2D eigenvalue weighted by Gasteiger charge is 2.24. The molecule has 0 aliphatic rings. The minimum absolute atomic E-state index is 0.176. The molecule has 2 atom stereocenters. The van der Waals surface area contributed by atoms with Crippen LogP contribution in [0.25, 0.3) is 0 Å². The Kier molecular flexibility index (Phi) is 9.19. The lowest BCUT2D eigenvalue weighted by atomic mass is 9.93. The van der Waals surface area contributed by atoms with Gasteiger partial charge in [-0.3, -0.25) is 9.59 Å². The summed E-state index contributed by atoms with van der Waals surface area (Å²) in [6, 6.07) is 5.44. The van der Waals surface area contributed by atoms with Crippen LogP contribution < -0.4 is 16.4 Å². The Hall–Kier alpha value is -2.24. The highest BCUT2D eigenvalue weighted by Crippen LogP contribution is 2.25. The maximum atomic E-state index is 12.6. The van der Waals surface area contributed by atoms with Crippen LogP contribution in [0.4, 0.5) is 11.4 Å². The molecule has 170 valence electrons. The van der Waals surface area contributed by atoms with Crippen molar-refractivity contribution in [3.63, 3.8) is 0 Å². The first kappa shape index (κ1) is 25.8. The zero-order valence-corrected chi connectivity index (χ0v) is 20.1. The number of carbonyl (C=O) groups is 2. The summed E-state index contributed by atoms with van der Waals surface area (Å²) >= 11 is 0. The lowest BCUT2D eigenvalue weighted by molar-refractivity contribution is -0.159. The topological polar surface area (TPSA) is 93.5 Å². The number of anilines is 2. The summed E-state index contributed by atoms with van der Waals surface area (Å²) in [6.07, 6.45) is 0.500. The second kappa shape index (κ2) is 10.7. The van der Waals surface area contributed by atoms with E-state index in [0.29, 0.717) is 35.5 Å². The maximum absolute atomic E-state index is 12.6. The third-order valence-corrected chi connectivity index (χ3v) is 4.97. The van der Waals surface area contributed by atoms with Crippen LogP contribution in [0.1, 0.15) is 79.1 Å². The summed E-state index contributed by atoms with van der Waals surface area (Å²) in [5.74, 6) is 0.148. The standard InChI is InChI=1S/C24H41N3O3/c1-14(2)21(15(3)4)27-20-11-10-18(13-19(20)25)22(28)26-17(6)12-16(5)23(29)30-24(7,8)9/h10-11,13-17,21,27H,12,25H2,1-9H3,(H,26,28)/t16?,17-/m0/s1. The molecule has 0 spiro atoms. The van der Waals surface area contributed by atoms with Crippen LogP contribution in [0.15, 0.2) is 18.2 Å². The number of nitrogen functional groups attached to an aromatic ring is 1. The number of amides is 1.